The highest BCUT2D eigenvalue weighted by Crippen LogP contribution is 2.36. The number of aromatic nitrogens is 4. The van der Waals surface area contributed by atoms with E-state index in [1.54, 1.807) is 0 Å². The Kier molecular flexibility index (Phi) is 6.52. The number of halogens is 2. The highest BCUT2D eigenvalue weighted by atomic mass is 35.5. The van der Waals surface area contributed by atoms with Crippen LogP contribution in [0.2, 0.25) is 10.0 Å². The topological polar surface area (TPSA) is 67.1 Å². The van der Waals surface area contributed by atoms with Crippen LogP contribution in [0.3, 0.4) is 0 Å². The van der Waals surface area contributed by atoms with E-state index in [2.05, 4.69) is 27.1 Å². The summed E-state index contributed by atoms with van der Waals surface area (Å²) in [5.41, 5.74) is 2.15. The van der Waals surface area contributed by atoms with E-state index in [1.807, 2.05) is 30.1 Å². The highest BCUT2D eigenvalue weighted by molar-refractivity contribution is 6.39. The summed E-state index contributed by atoms with van der Waals surface area (Å²) in [7, 11) is 1.99. The molecule has 0 atom stereocenters. The molecule has 1 N–H and O–H groups in total. The van der Waals surface area contributed by atoms with E-state index >= 15 is 0 Å². The second kappa shape index (κ2) is 8.87. The minimum Gasteiger partial charge on any atom is -0.504 e. The maximum atomic E-state index is 10.2. The van der Waals surface area contributed by atoms with Gasteiger partial charge in [-0.3, -0.25) is 9.58 Å². The van der Waals surface area contributed by atoms with Crippen molar-refractivity contribution in [3.05, 3.63) is 45.8 Å². The van der Waals surface area contributed by atoms with Gasteiger partial charge in [-0.25, -0.2) is 4.98 Å². The zero-order chi connectivity index (χ0) is 19.4. The van der Waals surface area contributed by atoms with E-state index in [4.69, 9.17) is 23.2 Å². The summed E-state index contributed by atoms with van der Waals surface area (Å²) >= 11 is 12.2. The van der Waals surface area contributed by atoms with Gasteiger partial charge in [-0.05, 0) is 31.7 Å². The Labute approximate surface area is 168 Å². The quantitative estimate of drug-likeness (QED) is 0.549. The third kappa shape index (κ3) is 4.89. The van der Waals surface area contributed by atoms with Crippen molar-refractivity contribution in [1.29, 1.82) is 0 Å². The van der Waals surface area contributed by atoms with Gasteiger partial charge in [0.1, 0.15) is 5.52 Å². The molecule has 0 unspecified atom stereocenters. The van der Waals surface area contributed by atoms with Gasteiger partial charge in [0.2, 0.25) is 0 Å². The lowest BCUT2D eigenvalue weighted by Crippen LogP contribution is -2.18. The number of benzene rings is 1. The van der Waals surface area contributed by atoms with Gasteiger partial charge >= 0.3 is 0 Å². The van der Waals surface area contributed by atoms with Crippen LogP contribution in [-0.4, -0.2) is 37.0 Å². The summed E-state index contributed by atoms with van der Waals surface area (Å²) in [6.45, 7) is 4.35. The maximum absolute atomic E-state index is 10.2. The van der Waals surface area contributed by atoms with E-state index in [1.165, 1.54) is 18.9 Å². The van der Waals surface area contributed by atoms with Crippen LogP contribution in [0, 0.1) is 0 Å². The van der Waals surface area contributed by atoms with Crippen molar-refractivity contribution in [3.8, 4) is 5.75 Å². The lowest BCUT2D eigenvalue weighted by atomic mass is 10.2. The van der Waals surface area contributed by atoms with Crippen LogP contribution in [-0.2, 0) is 19.6 Å². The third-order valence-electron chi connectivity index (χ3n) is 4.35. The number of aryl methyl sites for hydroxylation is 1. The summed E-state index contributed by atoms with van der Waals surface area (Å²) in [4.78, 5) is 6.63. The number of phenols is 1. The lowest BCUT2D eigenvalue weighted by molar-refractivity contribution is 0.311. The van der Waals surface area contributed by atoms with E-state index < -0.39 is 0 Å². The molecule has 0 spiro atoms. The second-order valence-corrected chi connectivity index (χ2v) is 7.55. The van der Waals surface area contributed by atoms with Gasteiger partial charge in [0.25, 0.3) is 0 Å². The first-order valence-electron chi connectivity index (χ1n) is 9.02. The third-order valence-corrected chi connectivity index (χ3v) is 4.96. The molecule has 0 saturated heterocycles. The predicted molar refractivity (Wildman–Crippen MR) is 108 cm³/mol. The molecule has 2 heterocycles. The molecule has 144 valence electrons. The molecule has 0 aliphatic heterocycles. The van der Waals surface area contributed by atoms with Crippen molar-refractivity contribution in [1.82, 2.24) is 24.9 Å². The van der Waals surface area contributed by atoms with Crippen molar-refractivity contribution >= 4 is 34.1 Å². The fourth-order valence-corrected chi connectivity index (χ4v) is 3.50. The van der Waals surface area contributed by atoms with Crippen LogP contribution in [0.15, 0.2) is 24.4 Å². The Morgan fingerprint density at radius 2 is 1.89 bits per heavy atom. The van der Waals surface area contributed by atoms with Gasteiger partial charge in [0.15, 0.2) is 5.75 Å². The van der Waals surface area contributed by atoms with E-state index in [0.29, 0.717) is 29.0 Å². The molecule has 1 aromatic carbocycles. The van der Waals surface area contributed by atoms with Gasteiger partial charge in [-0.15, -0.1) is 5.10 Å². The molecule has 3 rings (SSSR count). The zero-order valence-electron chi connectivity index (χ0n) is 15.5. The van der Waals surface area contributed by atoms with Crippen molar-refractivity contribution in [2.75, 3.05) is 7.05 Å². The van der Waals surface area contributed by atoms with E-state index in [0.717, 1.165) is 24.4 Å². The van der Waals surface area contributed by atoms with Gasteiger partial charge in [0.05, 0.1) is 21.4 Å². The molecule has 0 saturated carbocycles. The molecule has 0 aliphatic rings. The van der Waals surface area contributed by atoms with Crippen LogP contribution in [0.25, 0.3) is 10.9 Å². The molecular formula is C19H23Cl2N5O. The molecule has 0 fully saturated rings. The number of pyridine rings is 1. The van der Waals surface area contributed by atoms with Crippen molar-refractivity contribution < 1.29 is 5.11 Å². The average Bonchev–Trinajstić information content (AvgIpc) is 3.07. The lowest BCUT2D eigenvalue weighted by Gasteiger charge is -2.15. The Balaban J connectivity index is 1.67. The molecule has 3 aromatic rings. The number of hydrogen-bond donors (Lipinski definition) is 1. The van der Waals surface area contributed by atoms with Gasteiger partial charge in [0, 0.05) is 31.2 Å². The minimum absolute atomic E-state index is 0.0457. The summed E-state index contributed by atoms with van der Waals surface area (Å²) in [6, 6.07) is 5.28. The smallest absolute Gasteiger partial charge is 0.160 e. The number of hydrogen-bond acceptors (Lipinski definition) is 5. The Bertz CT molecular complexity index is 928. The molecule has 27 heavy (non-hydrogen) atoms. The van der Waals surface area contributed by atoms with Gasteiger partial charge in [-0.2, -0.15) is 0 Å². The first-order chi connectivity index (χ1) is 13.0. The molecule has 6 nitrogen and oxygen atoms in total. The van der Waals surface area contributed by atoms with Crippen LogP contribution >= 0.6 is 23.2 Å². The Morgan fingerprint density at radius 1 is 1.11 bits per heavy atom. The standard InChI is InChI=1S/C19H23Cl2N5O/c1-3-4-5-8-26-12-14(23-24-26)11-25(2)10-13-6-7-15-16(20)9-17(21)19(27)18(15)22-13/h6-7,9,12,27H,3-5,8,10-11H2,1-2H3. The van der Waals surface area contributed by atoms with Gasteiger partial charge < -0.3 is 5.11 Å². The molecule has 0 aliphatic carbocycles. The fraction of sp³-hybridized carbons (Fsp3) is 0.421. The number of aromatic hydroxyl groups is 1. The molecule has 0 amide bonds. The second-order valence-electron chi connectivity index (χ2n) is 6.74. The molecule has 2 aromatic heterocycles. The molecular weight excluding hydrogens is 385 g/mol. The Morgan fingerprint density at radius 3 is 2.67 bits per heavy atom. The maximum Gasteiger partial charge on any atom is 0.160 e. The fourth-order valence-electron chi connectivity index (χ4n) is 2.98. The molecule has 0 radical (unpaired) electrons. The monoisotopic (exact) mass is 407 g/mol. The Hall–Kier alpha value is -1.89. The van der Waals surface area contributed by atoms with E-state index in [9.17, 15) is 5.11 Å². The van der Waals surface area contributed by atoms with Crippen LogP contribution in [0.4, 0.5) is 0 Å². The number of unbranched alkanes of at least 4 members (excludes halogenated alkanes) is 2. The first-order valence-corrected chi connectivity index (χ1v) is 9.77. The van der Waals surface area contributed by atoms with Crippen LogP contribution in [0.5, 0.6) is 5.75 Å². The molecule has 8 heteroatoms. The van der Waals surface area contributed by atoms with Crippen molar-refractivity contribution in [2.45, 2.75) is 45.8 Å². The largest absolute Gasteiger partial charge is 0.504 e. The number of nitrogens with zero attached hydrogens (tertiary/aromatic N) is 5. The SMILES string of the molecule is CCCCCn1cc(CN(C)Cc2ccc3c(Cl)cc(Cl)c(O)c3n2)nn1. The van der Waals surface area contributed by atoms with Crippen molar-refractivity contribution in [2.24, 2.45) is 0 Å². The van der Waals surface area contributed by atoms with Gasteiger partial charge in [-0.1, -0.05) is 48.2 Å². The average molecular weight is 408 g/mol. The number of fused-ring (bicyclic) bond motifs is 1. The summed E-state index contributed by atoms with van der Waals surface area (Å²) in [6.07, 6.45) is 5.49. The normalized spacial score (nSPS) is 11.6. The predicted octanol–water partition coefficient (Wildman–Crippen LogP) is 4.66. The summed E-state index contributed by atoms with van der Waals surface area (Å²) in [5, 5.41) is 20.0. The zero-order valence-corrected chi connectivity index (χ0v) is 17.0. The van der Waals surface area contributed by atoms with Crippen LogP contribution < -0.4 is 0 Å². The summed E-state index contributed by atoms with van der Waals surface area (Å²) < 4.78 is 1.90. The molecule has 0 bridgehead atoms. The van der Waals surface area contributed by atoms with Crippen molar-refractivity contribution in [3.63, 3.8) is 0 Å². The summed E-state index contributed by atoms with van der Waals surface area (Å²) in [5.74, 6) is -0.0457. The number of rotatable bonds is 8. The van der Waals surface area contributed by atoms with E-state index in [-0.39, 0.29) is 10.8 Å². The first kappa shape index (κ1) is 19.9. The van der Waals surface area contributed by atoms with Crippen LogP contribution in [0.1, 0.15) is 37.6 Å². The highest BCUT2D eigenvalue weighted by Gasteiger charge is 2.13. The number of phenolic OH excluding ortho intramolecular Hbond substituents is 1. The minimum atomic E-state index is -0.0457.